The highest BCUT2D eigenvalue weighted by Crippen LogP contribution is 2.17. The van der Waals surface area contributed by atoms with Crippen LogP contribution in [0.5, 0.6) is 0 Å². The molecule has 0 aliphatic heterocycles. The van der Waals surface area contributed by atoms with Gasteiger partial charge < -0.3 is 4.42 Å². The van der Waals surface area contributed by atoms with Gasteiger partial charge in [-0.3, -0.25) is 0 Å². The fraction of sp³-hybridized carbons (Fsp3) is 0. The summed E-state index contributed by atoms with van der Waals surface area (Å²) in [6.07, 6.45) is 1.45. The third-order valence-electron chi connectivity index (χ3n) is 1.51. The quantitative estimate of drug-likeness (QED) is 0.771. The van der Waals surface area contributed by atoms with Gasteiger partial charge in [-0.05, 0) is 12.1 Å². The summed E-state index contributed by atoms with van der Waals surface area (Å²) >= 11 is 3.04. The molecule has 14 heavy (non-hydrogen) atoms. The Labute approximate surface area is 87.5 Å². The maximum Gasteiger partial charge on any atom is 0.285 e. The van der Waals surface area contributed by atoms with Gasteiger partial charge in [-0.1, -0.05) is 0 Å². The Kier molecular flexibility index (Phi) is 2.24. The van der Waals surface area contributed by atoms with Gasteiger partial charge in [0.05, 0.1) is 5.56 Å². The van der Waals surface area contributed by atoms with Crippen molar-refractivity contribution in [2.75, 3.05) is 0 Å². The van der Waals surface area contributed by atoms with E-state index in [0.29, 0.717) is 21.9 Å². The van der Waals surface area contributed by atoms with E-state index in [1.807, 2.05) is 6.07 Å². The zero-order chi connectivity index (χ0) is 9.97. The lowest BCUT2D eigenvalue weighted by molar-refractivity contribution is 0.538. The first-order chi connectivity index (χ1) is 6.79. The van der Waals surface area contributed by atoms with E-state index in [2.05, 4.69) is 31.1 Å². The molecule has 0 unspecified atom stereocenters. The summed E-state index contributed by atoms with van der Waals surface area (Å²) in [5, 5.41) is 15.9. The highest BCUT2D eigenvalue weighted by atomic mass is 79.9. The third-order valence-corrected chi connectivity index (χ3v) is 1.83. The Morgan fingerprint density at radius 2 is 2.21 bits per heavy atom. The SMILES string of the molecule is N#Cc1ccc(-c2nnc(Br)o2)nc1. The summed E-state index contributed by atoms with van der Waals surface area (Å²) in [5.41, 5.74) is 1.04. The number of halogens is 1. The molecule has 2 aromatic heterocycles. The molecule has 0 spiro atoms. The molecule has 0 saturated carbocycles. The van der Waals surface area contributed by atoms with Crippen molar-refractivity contribution in [3.05, 3.63) is 28.7 Å². The minimum Gasteiger partial charge on any atom is -0.409 e. The van der Waals surface area contributed by atoms with Crippen molar-refractivity contribution in [1.29, 1.82) is 5.26 Å². The van der Waals surface area contributed by atoms with Crippen molar-refractivity contribution in [2.45, 2.75) is 0 Å². The third kappa shape index (κ3) is 1.63. The van der Waals surface area contributed by atoms with Crippen molar-refractivity contribution in [3.63, 3.8) is 0 Å². The fourth-order valence-corrected chi connectivity index (χ4v) is 1.13. The van der Waals surface area contributed by atoms with E-state index < -0.39 is 0 Å². The van der Waals surface area contributed by atoms with Crippen LogP contribution in [0.3, 0.4) is 0 Å². The second-order valence-electron chi connectivity index (χ2n) is 2.40. The Balaban J connectivity index is 2.39. The maximum absolute atomic E-state index is 8.55. The van der Waals surface area contributed by atoms with Gasteiger partial charge in [0.1, 0.15) is 11.8 Å². The molecule has 0 radical (unpaired) electrons. The molecule has 0 aliphatic carbocycles. The van der Waals surface area contributed by atoms with E-state index in [-0.39, 0.29) is 0 Å². The van der Waals surface area contributed by atoms with Crippen molar-refractivity contribution in [3.8, 4) is 17.7 Å². The average Bonchev–Trinajstić information content (AvgIpc) is 2.65. The Morgan fingerprint density at radius 3 is 2.71 bits per heavy atom. The van der Waals surface area contributed by atoms with Gasteiger partial charge in [0.2, 0.25) is 0 Å². The normalized spacial score (nSPS) is 9.71. The predicted molar refractivity (Wildman–Crippen MR) is 49.9 cm³/mol. The zero-order valence-electron chi connectivity index (χ0n) is 6.81. The summed E-state index contributed by atoms with van der Waals surface area (Å²) in [7, 11) is 0. The van der Waals surface area contributed by atoms with Crippen LogP contribution < -0.4 is 0 Å². The highest BCUT2D eigenvalue weighted by Gasteiger charge is 2.07. The smallest absolute Gasteiger partial charge is 0.285 e. The summed E-state index contributed by atoms with van der Waals surface area (Å²) in [4.78, 5) is 4.30. The minimum atomic E-state index is 0.304. The van der Waals surface area contributed by atoms with E-state index in [1.165, 1.54) is 6.20 Å². The molecule has 2 rings (SSSR count). The van der Waals surface area contributed by atoms with Crippen LogP contribution in [-0.4, -0.2) is 15.2 Å². The second kappa shape index (κ2) is 3.55. The number of rotatable bonds is 1. The van der Waals surface area contributed by atoms with Gasteiger partial charge in [0, 0.05) is 22.1 Å². The van der Waals surface area contributed by atoms with Crippen molar-refractivity contribution < 1.29 is 4.42 Å². The van der Waals surface area contributed by atoms with Crippen LogP contribution in [0.1, 0.15) is 5.56 Å². The second-order valence-corrected chi connectivity index (χ2v) is 3.08. The monoisotopic (exact) mass is 250 g/mol. The standard InChI is InChI=1S/C8H3BrN4O/c9-8-13-12-7(14-8)6-2-1-5(3-10)4-11-6/h1-2,4H. The Hall–Kier alpha value is -1.74. The molecular weight excluding hydrogens is 248 g/mol. The molecule has 5 nitrogen and oxygen atoms in total. The summed E-state index contributed by atoms with van der Waals surface area (Å²) in [6.45, 7) is 0. The lowest BCUT2D eigenvalue weighted by atomic mass is 10.3. The van der Waals surface area contributed by atoms with Crippen LogP contribution in [0.4, 0.5) is 0 Å². The van der Waals surface area contributed by atoms with Crippen molar-refractivity contribution in [2.24, 2.45) is 0 Å². The first-order valence-corrected chi connectivity index (χ1v) is 4.44. The lowest BCUT2D eigenvalue weighted by Crippen LogP contribution is -1.84. The lowest BCUT2D eigenvalue weighted by Gasteiger charge is -1.91. The van der Waals surface area contributed by atoms with E-state index in [0.717, 1.165) is 0 Å². The van der Waals surface area contributed by atoms with Gasteiger partial charge >= 0.3 is 0 Å². The Morgan fingerprint density at radius 1 is 1.36 bits per heavy atom. The zero-order valence-corrected chi connectivity index (χ0v) is 8.39. The van der Waals surface area contributed by atoms with Gasteiger partial charge in [-0.2, -0.15) is 5.26 Å². The topological polar surface area (TPSA) is 75.6 Å². The number of aromatic nitrogens is 3. The van der Waals surface area contributed by atoms with Gasteiger partial charge in [0.15, 0.2) is 0 Å². The van der Waals surface area contributed by atoms with Crippen LogP contribution in [0.15, 0.2) is 27.5 Å². The van der Waals surface area contributed by atoms with Gasteiger partial charge in [-0.15, -0.1) is 10.2 Å². The molecule has 0 saturated heterocycles. The molecule has 0 aliphatic rings. The number of hydrogen-bond donors (Lipinski definition) is 0. The van der Waals surface area contributed by atoms with Crippen LogP contribution in [0.25, 0.3) is 11.6 Å². The first kappa shape index (κ1) is 8.84. The fourth-order valence-electron chi connectivity index (χ4n) is 0.895. The maximum atomic E-state index is 8.55. The number of hydrogen-bond acceptors (Lipinski definition) is 5. The summed E-state index contributed by atoms with van der Waals surface area (Å²) in [5.74, 6) is 0.321. The molecule has 0 aromatic carbocycles. The minimum absolute atomic E-state index is 0.304. The Bertz CT molecular complexity index is 485. The molecule has 0 N–H and O–H groups in total. The first-order valence-electron chi connectivity index (χ1n) is 3.65. The van der Waals surface area contributed by atoms with Gasteiger partial charge in [0.25, 0.3) is 10.7 Å². The molecule has 2 aromatic rings. The molecule has 6 heteroatoms. The van der Waals surface area contributed by atoms with Crippen LogP contribution >= 0.6 is 15.9 Å². The van der Waals surface area contributed by atoms with E-state index >= 15 is 0 Å². The molecule has 0 bridgehead atoms. The van der Waals surface area contributed by atoms with Crippen LogP contribution in [-0.2, 0) is 0 Å². The van der Waals surface area contributed by atoms with Crippen LogP contribution in [0, 0.1) is 11.3 Å². The largest absolute Gasteiger partial charge is 0.409 e. The molecule has 68 valence electrons. The number of nitrogens with zero attached hydrogens (tertiary/aromatic N) is 4. The number of pyridine rings is 1. The molecular formula is C8H3BrN4O. The molecule has 2 heterocycles. The van der Waals surface area contributed by atoms with Crippen molar-refractivity contribution in [1.82, 2.24) is 15.2 Å². The van der Waals surface area contributed by atoms with E-state index in [1.54, 1.807) is 12.1 Å². The van der Waals surface area contributed by atoms with E-state index in [9.17, 15) is 0 Å². The molecule has 0 fully saturated rings. The highest BCUT2D eigenvalue weighted by molar-refractivity contribution is 9.10. The summed E-state index contributed by atoms with van der Waals surface area (Å²) in [6, 6.07) is 5.26. The van der Waals surface area contributed by atoms with E-state index in [4.69, 9.17) is 9.68 Å². The van der Waals surface area contributed by atoms with Gasteiger partial charge in [-0.25, -0.2) is 4.98 Å². The average molecular weight is 251 g/mol. The van der Waals surface area contributed by atoms with Crippen molar-refractivity contribution >= 4 is 15.9 Å². The molecule has 0 atom stereocenters. The number of nitriles is 1. The van der Waals surface area contributed by atoms with Crippen LogP contribution in [0.2, 0.25) is 0 Å². The molecule has 0 amide bonds. The summed E-state index contributed by atoms with van der Waals surface area (Å²) < 4.78 is 5.09. The predicted octanol–water partition coefficient (Wildman–Crippen LogP) is 1.77.